The van der Waals surface area contributed by atoms with Crippen molar-refractivity contribution in [3.8, 4) is 11.8 Å². The van der Waals surface area contributed by atoms with Crippen molar-refractivity contribution < 1.29 is 15.4 Å². The summed E-state index contributed by atoms with van der Waals surface area (Å²) in [7, 11) is 5.44. The molecule has 0 atom stereocenters. The van der Waals surface area contributed by atoms with Crippen molar-refractivity contribution >= 4 is 17.6 Å². The second-order valence-corrected chi connectivity index (χ2v) is 8.43. The number of piperidine rings is 1. The van der Waals surface area contributed by atoms with E-state index in [1.165, 1.54) is 11.0 Å². The minimum atomic E-state index is -0.744. The van der Waals surface area contributed by atoms with E-state index < -0.39 is 6.17 Å². The van der Waals surface area contributed by atoms with Crippen LogP contribution in [0.4, 0.5) is 10.2 Å². The number of aromatic nitrogens is 2. The molecule has 1 fully saturated rings. The molecule has 2 rings (SSSR count). The molecule has 2 heterocycles. The summed E-state index contributed by atoms with van der Waals surface area (Å²) >= 11 is 0. The molecule has 1 aliphatic heterocycles. The van der Waals surface area contributed by atoms with Gasteiger partial charge in [-0.1, -0.05) is 17.9 Å². The minimum absolute atomic E-state index is 0. The average Bonchev–Trinajstić information content (AvgIpc) is 2.83. The normalized spacial score (nSPS) is 13.6. The van der Waals surface area contributed by atoms with E-state index in [0.29, 0.717) is 57.7 Å². The van der Waals surface area contributed by atoms with Gasteiger partial charge < -0.3 is 20.0 Å². The van der Waals surface area contributed by atoms with Crippen LogP contribution in [0, 0.1) is 18.8 Å². The first-order chi connectivity index (χ1) is 16.8. The van der Waals surface area contributed by atoms with Crippen LogP contribution in [-0.4, -0.2) is 91.6 Å². The first-order valence-electron chi connectivity index (χ1n) is 11.8. The number of nitrogens with one attached hydrogen (secondary N) is 1. The van der Waals surface area contributed by atoms with Gasteiger partial charge in [0, 0.05) is 53.3 Å². The van der Waals surface area contributed by atoms with E-state index in [4.69, 9.17) is 0 Å². The summed E-state index contributed by atoms with van der Waals surface area (Å²) in [6.45, 7) is 10.2. The molecule has 8 nitrogen and oxygen atoms in total. The molecule has 1 N–H and O–H groups in total. The minimum Gasteiger partial charge on any atom is -0.355 e. The van der Waals surface area contributed by atoms with E-state index in [-0.39, 0.29) is 19.8 Å². The van der Waals surface area contributed by atoms with Crippen LogP contribution in [0.1, 0.15) is 38.5 Å². The molecule has 0 saturated carbocycles. The Labute approximate surface area is 210 Å². The molecule has 1 aromatic heterocycles. The van der Waals surface area contributed by atoms with Crippen molar-refractivity contribution in [2.24, 2.45) is 0 Å². The number of amides is 2. The van der Waals surface area contributed by atoms with Crippen molar-refractivity contribution in [1.82, 2.24) is 25.1 Å². The highest BCUT2D eigenvalue weighted by molar-refractivity contribution is 5.91. The molecule has 1 saturated heterocycles. The number of likely N-dealkylation sites (N-methyl/N-ethyl adjacent to an activating group) is 2. The highest BCUT2D eigenvalue weighted by Crippen LogP contribution is 2.22. The second kappa shape index (κ2) is 16.4. The van der Waals surface area contributed by atoms with E-state index in [2.05, 4.69) is 45.2 Å². The molecular formula is C26H41FN6O2. The van der Waals surface area contributed by atoms with Gasteiger partial charge in [0.15, 0.2) is 0 Å². The van der Waals surface area contributed by atoms with Crippen LogP contribution in [0.5, 0.6) is 0 Å². The number of hydrogen-bond acceptors (Lipinski definition) is 6. The Kier molecular flexibility index (Phi) is 13.9. The zero-order chi connectivity index (χ0) is 26.2. The lowest BCUT2D eigenvalue weighted by Gasteiger charge is -2.30. The fourth-order valence-corrected chi connectivity index (χ4v) is 3.25. The molecule has 2 amide bonds. The second-order valence-electron chi connectivity index (χ2n) is 8.43. The van der Waals surface area contributed by atoms with Crippen LogP contribution in [0.15, 0.2) is 31.5 Å². The first kappa shape index (κ1) is 29.8. The number of hydrogen-bond donors (Lipinski definition) is 1. The van der Waals surface area contributed by atoms with Gasteiger partial charge in [-0.3, -0.25) is 9.59 Å². The quantitative estimate of drug-likeness (QED) is 0.249. The Bertz CT molecular complexity index is 907. The third-order valence-electron chi connectivity index (χ3n) is 5.12. The zero-order valence-corrected chi connectivity index (χ0v) is 21.5. The van der Waals surface area contributed by atoms with E-state index in [9.17, 15) is 14.0 Å². The van der Waals surface area contributed by atoms with Gasteiger partial charge in [0.2, 0.25) is 11.8 Å². The first-order valence-corrected chi connectivity index (χ1v) is 11.8. The molecule has 1 aromatic rings. The molecule has 194 valence electrons. The average molecular weight is 489 g/mol. The highest BCUT2D eigenvalue weighted by atomic mass is 19.1. The monoisotopic (exact) mass is 488 g/mol. The maximum atomic E-state index is 13.5. The van der Waals surface area contributed by atoms with Crippen molar-refractivity contribution in [2.75, 3.05) is 58.8 Å². The van der Waals surface area contributed by atoms with Crippen LogP contribution in [0.25, 0.3) is 0 Å². The number of nitrogens with zero attached hydrogens (tertiary/aromatic N) is 5. The molecule has 0 aromatic carbocycles. The van der Waals surface area contributed by atoms with E-state index in [1.807, 2.05) is 25.9 Å². The van der Waals surface area contributed by atoms with Gasteiger partial charge in [-0.25, -0.2) is 14.4 Å². The molecule has 0 unspecified atom stereocenters. The number of halogens is 1. The van der Waals surface area contributed by atoms with Crippen LogP contribution in [0.3, 0.4) is 0 Å². The summed E-state index contributed by atoms with van der Waals surface area (Å²) < 4.78 is 13.5. The van der Waals surface area contributed by atoms with Crippen LogP contribution >= 0.6 is 0 Å². The highest BCUT2D eigenvalue weighted by Gasteiger charge is 2.21. The Hall–Kier alpha value is -3.25. The van der Waals surface area contributed by atoms with E-state index in [1.54, 1.807) is 19.3 Å². The molecule has 0 aliphatic carbocycles. The Morgan fingerprint density at radius 2 is 2.00 bits per heavy atom. The van der Waals surface area contributed by atoms with Gasteiger partial charge in [-0.15, -0.1) is 13.2 Å². The molecule has 0 spiro atoms. The van der Waals surface area contributed by atoms with Crippen molar-refractivity contribution in [1.29, 1.82) is 0 Å². The number of carbonyl (C=O) groups is 2. The van der Waals surface area contributed by atoms with E-state index >= 15 is 0 Å². The fourth-order valence-electron chi connectivity index (χ4n) is 3.25. The van der Waals surface area contributed by atoms with Gasteiger partial charge in [0.25, 0.3) is 0 Å². The molecule has 1 aliphatic rings. The van der Waals surface area contributed by atoms with Gasteiger partial charge in [-0.05, 0) is 40.3 Å². The third-order valence-corrected chi connectivity index (χ3v) is 5.12. The van der Waals surface area contributed by atoms with Crippen LogP contribution in [0.2, 0.25) is 0 Å². The maximum absolute atomic E-state index is 13.5. The number of carbonyl (C=O) groups excluding carboxylic acids is 2. The summed E-state index contributed by atoms with van der Waals surface area (Å²) in [5.74, 6) is 7.26. The molecule has 0 radical (unpaired) electrons. The Balaban J connectivity index is 0.00000398. The zero-order valence-electron chi connectivity index (χ0n) is 21.5. The number of unbranched alkanes of at least 4 members (excludes halogenated alkanes) is 1. The molecule has 0 bridgehead atoms. The number of alkyl halides is 1. The lowest BCUT2D eigenvalue weighted by molar-refractivity contribution is -0.131. The smallest absolute Gasteiger partial charge is 0.246 e. The summed E-state index contributed by atoms with van der Waals surface area (Å²) in [5, 5.41) is 2.81. The van der Waals surface area contributed by atoms with Crippen molar-refractivity contribution in [3.05, 3.63) is 42.9 Å². The van der Waals surface area contributed by atoms with Gasteiger partial charge in [0.05, 0.1) is 12.1 Å². The predicted molar refractivity (Wildman–Crippen MR) is 141 cm³/mol. The van der Waals surface area contributed by atoms with Gasteiger partial charge >= 0.3 is 0 Å². The van der Waals surface area contributed by atoms with E-state index in [0.717, 1.165) is 11.4 Å². The molecule has 35 heavy (non-hydrogen) atoms. The standard InChI is InChI=1S/C24H35FN6O2.C2H4.H2/c1-19-27-17-20(24(28-19)31-15-11-21(25)12-16-31)9-6-5-7-13-26-22(32)18-30(4)23(33)10-8-14-29(2)3;1-2;/h8,10,17,21H,5,7,11-16,18H2,1-4H3,(H,26,32);1-2H2;1H/b10-8+;;. The fraction of sp³-hybridized carbons (Fsp3) is 0.538. The lowest BCUT2D eigenvalue weighted by atomic mass is 10.1. The van der Waals surface area contributed by atoms with Gasteiger partial charge in [-0.2, -0.15) is 0 Å². The third kappa shape index (κ3) is 11.6. The Morgan fingerprint density at radius 3 is 2.66 bits per heavy atom. The molecular weight excluding hydrogens is 447 g/mol. The number of aryl methyl sites for hydroxylation is 1. The summed E-state index contributed by atoms with van der Waals surface area (Å²) in [6.07, 6.45) is 6.51. The number of anilines is 1. The van der Waals surface area contributed by atoms with Crippen LogP contribution < -0.4 is 10.2 Å². The Morgan fingerprint density at radius 1 is 1.31 bits per heavy atom. The number of rotatable bonds is 9. The lowest BCUT2D eigenvalue weighted by Crippen LogP contribution is -2.38. The summed E-state index contributed by atoms with van der Waals surface area (Å²) in [6, 6.07) is 0. The SMILES string of the molecule is C=C.Cc1ncc(C#CCCCNC(=O)CN(C)C(=O)/C=C/CN(C)C)c(N2CCC(F)CC2)n1.[HH]. The van der Waals surface area contributed by atoms with Crippen molar-refractivity contribution in [2.45, 2.75) is 38.8 Å². The topological polar surface area (TPSA) is 81.7 Å². The van der Waals surface area contributed by atoms with Crippen LogP contribution in [-0.2, 0) is 9.59 Å². The van der Waals surface area contributed by atoms with Crippen molar-refractivity contribution in [3.63, 3.8) is 0 Å². The summed E-state index contributed by atoms with van der Waals surface area (Å²) in [5.41, 5.74) is 0.740. The van der Waals surface area contributed by atoms with Gasteiger partial charge in [0.1, 0.15) is 17.8 Å². The summed E-state index contributed by atoms with van der Waals surface area (Å²) in [4.78, 5) is 38.2. The largest absolute Gasteiger partial charge is 0.355 e. The predicted octanol–water partition coefficient (Wildman–Crippen LogP) is 2.60. The maximum Gasteiger partial charge on any atom is 0.246 e. The molecule has 9 heteroatoms.